The van der Waals surface area contributed by atoms with Crippen molar-refractivity contribution < 1.29 is 0 Å². The molecule has 21 heavy (non-hydrogen) atoms. The summed E-state index contributed by atoms with van der Waals surface area (Å²) >= 11 is 0. The fraction of sp³-hybridized carbons (Fsp3) is 0.722. The van der Waals surface area contributed by atoms with Gasteiger partial charge in [0, 0.05) is 44.1 Å². The second-order valence-electron chi connectivity index (χ2n) is 7.06. The lowest BCUT2D eigenvalue weighted by Gasteiger charge is -2.42. The molecule has 3 nitrogen and oxygen atoms in total. The summed E-state index contributed by atoms with van der Waals surface area (Å²) in [6.07, 6.45) is 11.1. The number of aryl methyl sites for hydroxylation is 1. The van der Waals surface area contributed by atoms with Crippen molar-refractivity contribution in [2.45, 2.75) is 64.6 Å². The van der Waals surface area contributed by atoms with Crippen molar-refractivity contribution in [2.75, 3.05) is 13.1 Å². The smallest absolute Gasteiger partial charge is 0.0313 e. The molecular weight excluding hydrogens is 258 g/mol. The van der Waals surface area contributed by atoms with Gasteiger partial charge in [0.25, 0.3) is 0 Å². The van der Waals surface area contributed by atoms with Crippen LogP contribution in [0.25, 0.3) is 0 Å². The van der Waals surface area contributed by atoms with Crippen molar-refractivity contribution in [1.82, 2.24) is 15.2 Å². The molecule has 0 aromatic carbocycles. The summed E-state index contributed by atoms with van der Waals surface area (Å²) < 4.78 is 0. The zero-order valence-corrected chi connectivity index (χ0v) is 13.5. The molecule has 3 heteroatoms. The Morgan fingerprint density at radius 2 is 2.05 bits per heavy atom. The molecule has 2 atom stereocenters. The standard InChI is InChI=1S/C18H29N3/c1-14-8-16(11-19-9-14)12-21-13-18(20-10-15(21)2)17-6-4-3-5-7-17/h8-9,11,15,17-18,20H,3-7,10,12-13H2,1-2H3. The first-order valence-corrected chi connectivity index (χ1v) is 8.60. The second kappa shape index (κ2) is 6.89. The minimum Gasteiger partial charge on any atom is -0.311 e. The predicted octanol–water partition coefficient (Wildman–Crippen LogP) is 3.13. The summed E-state index contributed by atoms with van der Waals surface area (Å²) in [4.78, 5) is 6.99. The molecule has 1 aromatic rings. The predicted molar refractivity (Wildman–Crippen MR) is 87.2 cm³/mol. The van der Waals surface area contributed by atoms with Gasteiger partial charge in [-0.15, -0.1) is 0 Å². The summed E-state index contributed by atoms with van der Waals surface area (Å²) in [7, 11) is 0. The first-order valence-electron chi connectivity index (χ1n) is 8.60. The maximum absolute atomic E-state index is 4.34. The SMILES string of the molecule is Cc1cncc(CN2CC(C3CCCCC3)NCC2C)c1. The van der Waals surface area contributed by atoms with E-state index in [4.69, 9.17) is 0 Å². The molecule has 2 heterocycles. The molecule has 2 aliphatic rings. The molecule has 2 unspecified atom stereocenters. The van der Waals surface area contributed by atoms with Crippen LogP contribution in [0.4, 0.5) is 0 Å². The number of hydrogen-bond donors (Lipinski definition) is 1. The van der Waals surface area contributed by atoms with Gasteiger partial charge in [0.05, 0.1) is 0 Å². The maximum atomic E-state index is 4.34. The normalized spacial score (nSPS) is 28.7. The van der Waals surface area contributed by atoms with E-state index in [1.54, 1.807) is 0 Å². The highest BCUT2D eigenvalue weighted by atomic mass is 15.2. The Kier molecular flexibility index (Phi) is 4.91. The third kappa shape index (κ3) is 3.83. The fourth-order valence-corrected chi connectivity index (χ4v) is 3.96. The van der Waals surface area contributed by atoms with Gasteiger partial charge < -0.3 is 5.32 Å². The molecule has 2 fully saturated rings. The molecule has 1 aliphatic heterocycles. The summed E-state index contributed by atoms with van der Waals surface area (Å²) in [5, 5.41) is 3.81. The average Bonchev–Trinajstić information content (AvgIpc) is 2.50. The number of rotatable bonds is 3. The van der Waals surface area contributed by atoms with Crippen LogP contribution in [0.15, 0.2) is 18.5 Å². The summed E-state index contributed by atoms with van der Waals surface area (Å²) in [5.74, 6) is 0.893. The van der Waals surface area contributed by atoms with Crippen molar-refractivity contribution >= 4 is 0 Å². The third-order valence-corrected chi connectivity index (χ3v) is 5.27. The highest BCUT2D eigenvalue weighted by molar-refractivity contribution is 5.16. The quantitative estimate of drug-likeness (QED) is 0.926. The number of piperazine rings is 1. The molecule has 116 valence electrons. The van der Waals surface area contributed by atoms with Crippen LogP contribution < -0.4 is 5.32 Å². The Balaban J connectivity index is 1.63. The van der Waals surface area contributed by atoms with Gasteiger partial charge in [0.1, 0.15) is 0 Å². The number of pyridine rings is 1. The van der Waals surface area contributed by atoms with Crippen LogP contribution in [0, 0.1) is 12.8 Å². The zero-order valence-electron chi connectivity index (χ0n) is 13.5. The number of aromatic nitrogens is 1. The number of nitrogens with zero attached hydrogens (tertiary/aromatic N) is 2. The van der Waals surface area contributed by atoms with Crippen molar-refractivity contribution in [3.05, 3.63) is 29.6 Å². The van der Waals surface area contributed by atoms with E-state index >= 15 is 0 Å². The Morgan fingerprint density at radius 3 is 2.81 bits per heavy atom. The van der Waals surface area contributed by atoms with Crippen molar-refractivity contribution in [1.29, 1.82) is 0 Å². The summed E-state index contributed by atoms with van der Waals surface area (Å²) in [5.41, 5.74) is 2.62. The second-order valence-corrected chi connectivity index (χ2v) is 7.06. The number of hydrogen-bond acceptors (Lipinski definition) is 3. The van der Waals surface area contributed by atoms with Gasteiger partial charge >= 0.3 is 0 Å². The van der Waals surface area contributed by atoms with E-state index in [1.807, 2.05) is 12.4 Å². The van der Waals surface area contributed by atoms with Crippen molar-refractivity contribution in [3.63, 3.8) is 0 Å². The molecule has 0 amide bonds. The average molecular weight is 287 g/mol. The van der Waals surface area contributed by atoms with E-state index in [9.17, 15) is 0 Å². The molecule has 3 rings (SSSR count). The van der Waals surface area contributed by atoms with Gasteiger partial charge in [0.2, 0.25) is 0 Å². The fourth-order valence-electron chi connectivity index (χ4n) is 3.96. The molecule has 1 aromatic heterocycles. The largest absolute Gasteiger partial charge is 0.311 e. The Bertz CT molecular complexity index is 454. The molecule has 1 N–H and O–H groups in total. The van der Waals surface area contributed by atoms with Crippen LogP contribution in [0.5, 0.6) is 0 Å². The van der Waals surface area contributed by atoms with E-state index in [2.05, 4.69) is 35.1 Å². The Labute approximate surface area is 129 Å². The molecule has 0 radical (unpaired) electrons. The molecule has 1 saturated heterocycles. The van der Waals surface area contributed by atoms with Crippen molar-refractivity contribution in [2.24, 2.45) is 5.92 Å². The first-order chi connectivity index (χ1) is 10.2. The minimum absolute atomic E-state index is 0.616. The van der Waals surface area contributed by atoms with Crippen LogP contribution in [0.3, 0.4) is 0 Å². The summed E-state index contributed by atoms with van der Waals surface area (Å²) in [6.45, 7) is 7.83. The maximum Gasteiger partial charge on any atom is 0.0313 e. The van der Waals surface area contributed by atoms with Gasteiger partial charge in [-0.1, -0.05) is 25.3 Å². The van der Waals surface area contributed by atoms with Gasteiger partial charge in [-0.25, -0.2) is 0 Å². The summed E-state index contributed by atoms with van der Waals surface area (Å²) in [6, 6.07) is 3.59. The van der Waals surface area contributed by atoms with Gasteiger partial charge in [-0.2, -0.15) is 0 Å². The highest BCUT2D eigenvalue weighted by Crippen LogP contribution is 2.28. The molecular formula is C18H29N3. The van der Waals surface area contributed by atoms with E-state index in [0.717, 1.165) is 19.0 Å². The molecule has 1 saturated carbocycles. The zero-order chi connectivity index (χ0) is 14.7. The Morgan fingerprint density at radius 1 is 1.24 bits per heavy atom. The van der Waals surface area contributed by atoms with E-state index < -0.39 is 0 Å². The van der Waals surface area contributed by atoms with E-state index in [-0.39, 0.29) is 0 Å². The lowest BCUT2D eigenvalue weighted by atomic mass is 9.82. The topological polar surface area (TPSA) is 28.2 Å². The molecule has 0 spiro atoms. The lowest BCUT2D eigenvalue weighted by Crippen LogP contribution is -2.57. The van der Waals surface area contributed by atoms with Gasteiger partial charge in [-0.05, 0) is 43.7 Å². The van der Waals surface area contributed by atoms with E-state index in [1.165, 1.54) is 49.8 Å². The monoisotopic (exact) mass is 287 g/mol. The highest BCUT2D eigenvalue weighted by Gasteiger charge is 2.30. The van der Waals surface area contributed by atoms with Crippen LogP contribution in [-0.2, 0) is 6.54 Å². The van der Waals surface area contributed by atoms with Gasteiger partial charge in [-0.3, -0.25) is 9.88 Å². The number of nitrogens with one attached hydrogen (secondary N) is 1. The van der Waals surface area contributed by atoms with E-state index in [0.29, 0.717) is 12.1 Å². The van der Waals surface area contributed by atoms with Crippen LogP contribution in [0.2, 0.25) is 0 Å². The van der Waals surface area contributed by atoms with Crippen LogP contribution in [0.1, 0.15) is 50.2 Å². The van der Waals surface area contributed by atoms with Gasteiger partial charge in [0.15, 0.2) is 0 Å². The molecule has 1 aliphatic carbocycles. The van der Waals surface area contributed by atoms with Crippen LogP contribution in [-0.4, -0.2) is 35.1 Å². The lowest BCUT2D eigenvalue weighted by molar-refractivity contribution is 0.0980. The first kappa shape index (κ1) is 15.0. The van der Waals surface area contributed by atoms with Crippen molar-refractivity contribution in [3.8, 4) is 0 Å². The molecule has 0 bridgehead atoms. The van der Waals surface area contributed by atoms with Crippen LogP contribution >= 0.6 is 0 Å². The third-order valence-electron chi connectivity index (χ3n) is 5.27. The Hall–Kier alpha value is -0.930. The minimum atomic E-state index is 0.616.